The Hall–Kier alpha value is -7.68. The maximum Gasteiger partial charge on any atom is 0.0541 e. The Labute approximate surface area is 338 Å². The molecule has 0 spiro atoms. The summed E-state index contributed by atoms with van der Waals surface area (Å²) in [6, 6.07) is 83.7. The lowest BCUT2D eigenvalue weighted by Gasteiger charge is -2.29. The van der Waals surface area contributed by atoms with Crippen molar-refractivity contribution in [2.75, 3.05) is 4.90 Å². The second kappa shape index (κ2) is 14.1. The van der Waals surface area contributed by atoms with E-state index in [-0.39, 0.29) is 0 Å². The average molecular weight is 739 g/mol. The van der Waals surface area contributed by atoms with Gasteiger partial charge in [-0.1, -0.05) is 176 Å². The van der Waals surface area contributed by atoms with E-state index < -0.39 is 0 Å². The third-order valence-electron chi connectivity index (χ3n) is 11.6. The normalized spacial score (nSPS) is 11.4. The molecule has 2 heteroatoms. The summed E-state index contributed by atoms with van der Waals surface area (Å²) in [4.78, 5) is 2.42. The van der Waals surface area contributed by atoms with Crippen LogP contribution in [-0.2, 0) is 0 Å². The number of benzene rings is 10. The number of nitrogens with zero attached hydrogens (tertiary/aromatic N) is 2. The van der Waals surface area contributed by atoms with Gasteiger partial charge >= 0.3 is 0 Å². The van der Waals surface area contributed by atoms with E-state index in [4.69, 9.17) is 0 Å². The highest BCUT2D eigenvalue weighted by molar-refractivity contribution is 6.09. The van der Waals surface area contributed by atoms with Crippen molar-refractivity contribution in [3.8, 4) is 39.1 Å². The van der Waals surface area contributed by atoms with Crippen LogP contribution in [0.1, 0.15) is 0 Å². The molecule has 0 unspecified atom stereocenters. The van der Waals surface area contributed by atoms with Crippen LogP contribution in [0, 0.1) is 0 Å². The molecule has 1 aromatic heterocycles. The smallest absolute Gasteiger partial charge is 0.0541 e. The number of hydrogen-bond acceptors (Lipinski definition) is 1. The lowest BCUT2D eigenvalue weighted by Crippen LogP contribution is -2.11. The summed E-state index contributed by atoms with van der Waals surface area (Å²) in [6.07, 6.45) is 0. The van der Waals surface area contributed by atoms with Gasteiger partial charge in [-0.05, 0) is 104 Å². The fourth-order valence-electron chi connectivity index (χ4n) is 8.90. The molecule has 0 atom stereocenters. The van der Waals surface area contributed by atoms with Crippen molar-refractivity contribution < 1.29 is 0 Å². The predicted octanol–water partition coefficient (Wildman–Crippen LogP) is 15.6. The van der Waals surface area contributed by atoms with Crippen molar-refractivity contribution in [3.63, 3.8) is 0 Å². The van der Waals surface area contributed by atoms with Crippen molar-refractivity contribution in [2.45, 2.75) is 0 Å². The first kappa shape index (κ1) is 33.6. The molecule has 0 aliphatic carbocycles. The monoisotopic (exact) mass is 738 g/mol. The van der Waals surface area contributed by atoms with Gasteiger partial charge in [-0.25, -0.2) is 0 Å². The van der Waals surface area contributed by atoms with Crippen LogP contribution in [0.3, 0.4) is 0 Å². The van der Waals surface area contributed by atoms with Gasteiger partial charge < -0.3 is 9.47 Å². The molecule has 2 nitrogen and oxygen atoms in total. The van der Waals surface area contributed by atoms with E-state index in [1.54, 1.807) is 0 Å². The Morgan fingerprint density at radius 1 is 0.293 bits per heavy atom. The van der Waals surface area contributed by atoms with Crippen molar-refractivity contribution in [3.05, 3.63) is 231 Å². The number of para-hydroxylation sites is 3. The van der Waals surface area contributed by atoms with Gasteiger partial charge in [-0.15, -0.1) is 0 Å². The zero-order valence-electron chi connectivity index (χ0n) is 31.8. The second-order valence-electron chi connectivity index (χ2n) is 14.9. The van der Waals surface area contributed by atoms with Gasteiger partial charge in [0.25, 0.3) is 0 Å². The van der Waals surface area contributed by atoms with E-state index in [1.807, 2.05) is 0 Å². The van der Waals surface area contributed by atoms with Crippen LogP contribution >= 0.6 is 0 Å². The second-order valence-corrected chi connectivity index (χ2v) is 14.9. The molecule has 0 fully saturated rings. The molecular weight excluding hydrogens is 701 g/mol. The lowest BCUT2D eigenvalue weighted by molar-refractivity contribution is 1.18. The lowest BCUT2D eigenvalue weighted by atomic mass is 9.95. The van der Waals surface area contributed by atoms with Gasteiger partial charge in [-0.2, -0.15) is 0 Å². The van der Waals surface area contributed by atoms with Crippen LogP contribution < -0.4 is 4.90 Å². The maximum atomic E-state index is 2.42. The molecule has 0 aliphatic heterocycles. The summed E-state index contributed by atoms with van der Waals surface area (Å²) in [7, 11) is 0. The first-order valence-corrected chi connectivity index (χ1v) is 19.9. The molecule has 272 valence electrons. The molecular formula is C56H38N2. The number of fused-ring (bicyclic) bond motifs is 5. The summed E-state index contributed by atoms with van der Waals surface area (Å²) in [5.41, 5.74) is 14.0. The topological polar surface area (TPSA) is 8.17 Å². The first-order valence-electron chi connectivity index (χ1n) is 19.9. The Kier molecular flexibility index (Phi) is 8.19. The van der Waals surface area contributed by atoms with Gasteiger partial charge in [0, 0.05) is 33.4 Å². The van der Waals surface area contributed by atoms with Crippen molar-refractivity contribution >= 4 is 60.4 Å². The zero-order valence-corrected chi connectivity index (χ0v) is 31.8. The largest absolute Gasteiger partial charge is 0.310 e. The van der Waals surface area contributed by atoms with E-state index in [2.05, 4.69) is 240 Å². The van der Waals surface area contributed by atoms with Gasteiger partial charge in [-0.3, -0.25) is 0 Å². The molecule has 10 aromatic carbocycles. The van der Waals surface area contributed by atoms with Crippen molar-refractivity contribution in [2.24, 2.45) is 0 Å². The highest BCUT2D eigenvalue weighted by Crippen LogP contribution is 2.44. The van der Waals surface area contributed by atoms with Crippen LogP contribution in [0.25, 0.3) is 82.4 Å². The van der Waals surface area contributed by atoms with Crippen LogP contribution in [-0.4, -0.2) is 4.57 Å². The minimum absolute atomic E-state index is 1.09. The minimum atomic E-state index is 1.09. The molecule has 0 N–H and O–H groups in total. The summed E-state index contributed by atoms with van der Waals surface area (Å²) in [6.45, 7) is 0. The molecule has 11 rings (SSSR count). The average Bonchev–Trinajstić information content (AvgIpc) is 3.64. The minimum Gasteiger partial charge on any atom is -0.310 e. The molecule has 11 aromatic rings. The van der Waals surface area contributed by atoms with Gasteiger partial charge in [0.05, 0.1) is 16.7 Å². The van der Waals surface area contributed by atoms with Gasteiger partial charge in [0.1, 0.15) is 0 Å². The van der Waals surface area contributed by atoms with E-state index >= 15 is 0 Å². The Morgan fingerprint density at radius 3 is 1.50 bits per heavy atom. The van der Waals surface area contributed by atoms with Crippen LogP contribution in [0.5, 0.6) is 0 Å². The number of anilines is 3. The summed E-state index contributed by atoms with van der Waals surface area (Å²) in [5.74, 6) is 0. The van der Waals surface area contributed by atoms with Crippen molar-refractivity contribution in [1.82, 2.24) is 4.57 Å². The third-order valence-corrected chi connectivity index (χ3v) is 11.6. The zero-order chi connectivity index (χ0) is 38.4. The molecule has 0 saturated heterocycles. The number of hydrogen-bond donors (Lipinski definition) is 0. The summed E-state index contributed by atoms with van der Waals surface area (Å²) >= 11 is 0. The molecule has 0 saturated carbocycles. The standard InChI is InChI=1S/C56H38N2/c1-3-23-47-39(15-1)17-13-28-48(47)41-33-35-44(36-34-41)57(54-30-8-5-25-51(54)50-29-14-18-40-16-2-4-24-49(40)50)45-21-11-19-42(37-45)43-20-12-22-46(38-43)58-55-31-9-6-26-52(55)53-27-7-10-32-56(53)58/h1-38H. The molecule has 0 bridgehead atoms. The number of rotatable bonds is 7. The Morgan fingerprint density at radius 2 is 0.793 bits per heavy atom. The summed E-state index contributed by atoms with van der Waals surface area (Å²) < 4.78 is 2.39. The van der Waals surface area contributed by atoms with Crippen LogP contribution in [0.4, 0.5) is 17.1 Å². The van der Waals surface area contributed by atoms with E-state index in [1.165, 1.54) is 65.6 Å². The van der Waals surface area contributed by atoms with Gasteiger partial charge in [0.2, 0.25) is 0 Å². The van der Waals surface area contributed by atoms with E-state index in [0.29, 0.717) is 0 Å². The molecule has 1 heterocycles. The number of aromatic nitrogens is 1. The third kappa shape index (κ3) is 5.74. The van der Waals surface area contributed by atoms with E-state index in [9.17, 15) is 0 Å². The molecule has 58 heavy (non-hydrogen) atoms. The Balaban J connectivity index is 1.07. The van der Waals surface area contributed by atoms with Crippen LogP contribution in [0.2, 0.25) is 0 Å². The highest BCUT2D eigenvalue weighted by Gasteiger charge is 2.20. The molecule has 0 amide bonds. The fourth-order valence-corrected chi connectivity index (χ4v) is 8.90. The molecule has 0 aliphatic rings. The highest BCUT2D eigenvalue weighted by atomic mass is 15.1. The maximum absolute atomic E-state index is 2.42. The SMILES string of the molecule is c1cc(-c2cccc(-n3c4ccccc4c4ccccc43)c2)cc(N(c2ccc(-c3cccc4ccccc34)cc2)c2ccccc2-c2cccc3ccccc23)c1. The quantitative estimate of drug-likeness (QED) is 0.158. The van der Waals surface area contributed by atoms with Crippen molar-refractivity contribution in [1.29, 1.82) is 0 Å². The molecule has 0 radical (unpaired) electrons. The fraction of sp³-hybridized carbons (Fsp3) is 0. The van der Waals surface area contributed by atoms with Gasteiger partial charge in [0.15, 0.2) is 0 Å². The van der Waals surface area contributed by atoms with E-state index in [0.717, 1.165) is 33.9 Å². The Bertz CT molecular complexity index is 3230. The predicted molar refractivity (Wildman–Crippen MR) is 247 cm³/mol. The summed E-state index contributed by atoms with van der Waals surface area (Å²) in [5, 5.41) is 7.49. The first-order chi connectivity index (χ1) is 28.8. The van der Waals surface area contributed by atoms with Crippen LogP contribution in [0.15, 0.2) is 231 Å².